The second-order valence-corrected chi connectivity index (χ2v) is 7.18. The number of likely N-dealkylation sites (tertiary alicyclic amines) is 1. The van der Waals surface area contributed by atoms with Gasteiger partial charge in [0.15, 0.2) is 0 Å². The topological polar surface area (TPSA) is 59.2 Å². The van der Waals surface area contributed by atoms with E-state index in [0.29, 0.717) is 11.7 Å². The predicted octanol–water partition coefficient (Wildman–Crippen LogP) is 2.91. The van der Waals surface area contributed by atoms with Gasteiger partial charge in [-0.25, -0.2) is 4.98 Å². The zero-order valence-electron chi connectivity index (χ0n) is 12.2. The van der Waals surface area contributed by atoms with Gasteiger partial charge in [-0.05, 0) is 44.6 Å². The van der Waals surface area contributed by atoms with E-state index in [9.17, 15) is 4.79 Å². The number of rotatable bonds is 5. The van der Waals surface area contributed by atoms with Crippen molar-refractivity contribution in [3.8, 4) is 0 Å². The van der Waals surface area contributed by atoms with E-state index >= 15 is 0 Å². The molecule has 2 atom stereocenters. The quantitative estimate of drug-likeness (QED) is 0.908. The molecule has 2 rings (SSSR count). The molecule has 1 aromatic rings. The van der Waals surface area contributed by atoms with Gasteiger partial charge < -0.3 is 10.6 Å². The molecule has 1 aromatic heterocycles. The second kappa shape index (κ2) is 7.43. The summed E-state index contributed by atoms with van der Waals surface area (Å²) < 4.78 is 0. The number of nitrogens with zero attached hydrogens (tertiary/aromatic N) is 2. The van der Waals surface area contributed by atoms with E-state index in [0.717, 1.165) is 36.6 Å². The summed E-state index contributed by atoms with van der Waals surface area (Å²) in [7, 11) is 0. The summed E-state index contributed by atoms with van der Waals surface area (Å²) in [6.45, 7) is 2.97. The molecular formula is C14H23N3OS2. The Hall–Kier alpha value is -0.590. The van der Waals surface area contributed by atoms with Crippen LogP contribution in [-0.2, 0) is 0 Å². The van der Waals surface area contributed by atoms with Crippen molar-refractivity contribution in [2.45, 2.75) is 44.7 Å². The van der Waals surface area contributed by atoms with Crippen molar-refractivity contribution in [3.63, 3.8) is 0 Å². The lowest BCUT2D eigenvalue weighted by Gasteiger charge is -2.32. The third kappa shape index (κ3) is 3.74. The minimum absolute atomic E-state index is 0.0484. The number of thioether (sulfide) groups is 1. The Morgan fingerprint density at radius 2 is 2.45 bits per heavy atom. The van der Waals surface area contributed by atoms with Gasteiger partial charge in [0.05, 0.1) is 6.04 Å². The lowest BCUT2D eigenvalue weighted by Crippen LogP contribution is -2.42. The summed E-state index contributed by atoms with van der Waals surface area (Å²) in [5.74, 6) is 1.09. The fraction of sp³-hybridized carbons (Fsp3) is 0.714. The summed E-state index contributed by atoms with van der Waals surface area (Å²) in [5, 5.41) is 2.74. The Bertz CT molecular complexity index is 449. The number of hydrogen-bond acceptors (Lipinski definition) is 5. The van der Waals surface area contributed by atoms with Crippen LogP contribution < -0.4 is 5.73 Å². The summed E-state index contributed by atoms with van der Waals surface area (Å²) in [5.41, 5.74) is 6.68. The number of thiazole rings is 1. The summed E-state index contributed by atoms with van der Waals surface area (Å²) in [6.07, 6.45) is 6.38. The molecular weight excluding hydrogens is 290 g/mol. The number of hydrogen-bond donors (Lipinski definition) is 1. The molecule has 1 aliphatic heterocycles. The van der Waals surface area contributed by atoms with Gasteiger partial charge in [-0.15, -0.1) is 11.3 Å². The average molecular weight is 313 g/mol. The molecule has 0 bridgehead atoms. The SMILES string of the molecule is CSCCC(N)c1nc(C(=O)N2CCCCC2C)cs1. The number of piperidine rings is 1. The maximum Gasteiger partial charge on any atom is 0.273 e. The summed E-state index contributed by atoms with van der Waals surface area (Å²) >= 11 is 3.29. The third-order valence-corrected chi connectivity index (χ3v) is 5.38. The van der Waals surface area contributed by atoms with Crippen LogP contribution in [0.25, 0.3) is 0 Å². The standard InChI is InChI=1S/C14H23N3OS2/c1-10-5-3-4-7-17(10)14(18)12-9-20-13(16-12)11(15)6-8-19-2/h9-11H,3-8,15H2,1-2H3. The van der Waals surface area contributed by atoms with Crippen LogP contribution in [0.15, 0.2) is 5.38 Å². The fourth-order valence-corrected chi connectivity index (χ4v) is 3.79. The minimum atomic E-state index is -0.0484. The molecule has 2 heterocycles. The van der Waals surface area contributed by atoms with E-state index in [1.54, 1.807) is 11.8 Å². The van der Waals surface area contributed by atoms with Crippen molar-refractivity contribution >= 4 is 29.0 Å². The maximum absolute atomic E-state index is 12.5. The van der Waals surface area contributed by atoms with Crippen LogP contribution in [0.3, 0.4) is 0 Å². The van der Waals surface area contributed by atoms with Crippen LogP contribution in [0.4, 0.5) is 0 Å². The zero-order valence-corrected chi connectivity index (χ0v) is 13.8. The molecule has 1 fully saturated rings. The summed E-state index contributed by atoms with van der Waals surface area (Å²) in [4.78, 5) is 18.9. The van der Waals surface area contributed by atoms with Gasteiger partial charge in [0, 0.05) is 18.0 Å². The van der Waals surface area contributed by atoms with E-state index in [4.69, 9.17) is 5.73 Å². The van der Waals surface area contributed by atoms with E-state index < -0.39 is 0 Å². The number of carbonyl (C=O) groups excluding carboxylic acids is 1. The molecule has 112 valence electrons. The molecule has 0 saturated carbocycles. The van der Waals surface area contributed by atoms with E-state index in [1.165, 1.54) is 17.8 Å². The lowest BCUT2D eigenvalue weighted by atomic mass is 10.0. The van der Waals surface area contributed by atoms with Crippen LogP contribution in [0.1, 0.15) is 54.1 Å². The Kier molecular flexibility index (Phi) is 5.86. The van der Waals surface area contributed by atoms with E-state index in [-0.39, 0.29) is 11.9 Å². The van der Waals surface area contributed by atoms with Gasteiger partial charge in [-0.1, -0.05) is 0 Å². The van der Waals surface area contributed by atoms with Crippen LogP contribution >= 0.6 is 23.1 Å². The fourth-order valence-electron chi connectivity index (χ4n) is 2.47. The highest BCUT2D eigenvalue weighted by molar-refractivity contribution is 7.98. The van der Waals surface area contributed by atoms with Gasteiger partial charge in [0.25, 0.3) is 5.91 Å². The van der Waals surface area contributed by atoms with Gasteiger partial charge in [0.2, 0.25) is 0 Å². The van der Waals surface area contributed by atoms with Gasteiger partial charge in [0.1, 0.15) is 10.7 Å². The molecule has 2 N–H and O–H groups in total. The van der Waals surface area contributed by atoms with E-state index in [1.807, 2.05) is 10.3 Å². The first kappa shape index (κ1) is 15.8. The van der Waals surface area contributed by atoms with Crippen molar-refractivity contribution in [1.29, 1.82) is 0 Å². The first-order chi connectivity index (χ1) is 9.63. The van der Waals surface area contributed by atoms with Crippen molar-refractivity contribution in [2.24, 2.45) is 5.73 Å². The number of aromatic nitrogens is 1. The molecule has 0 radical (unpaired) electrons. The first-order valence-corrected chi connectivity index (χ1v) is 9.41. The molecule has 6 heteroatoms. The molecule has 1 aliphatic rings. The van der Waals surface area contributed by atoms with Gasteiger partial charge in [-0.3, -0.25) is 4.79 Å². The van der Waals surface area contributed by atoms with Crippen molar-refractivity contribution in [1.82, 2.24) is 9.88 Å². The maximum atomic E-state index is 12.5. The number of carbonyl (C=O) groups is 1. The van der Waals surface area contributed by atoms with Crippen molar-refractivity contribution in [3.05, 3.63) is 16.1 Å². The van der Waals surface area contributed by atoms with Crippen molar-refractivity contribution < 1.29 is 4.79 Å². The third-order valence-electron chi connectivity index (χ3n) is 3.76. The first-order valence-electron chi connectivity index (χ1n) is 7.14. The summed E-state index contributed by atoms with van der Waals surface area (Å²) in [6, 6.07) is 0.277. The van der Waals surface area contributed by atoms with Crippen LogP contribution in [-0.4, -0.2) is 40.4 Å². The number of nitrogens with two attached hydrogens (primary N) is 1. The monoisotopic (exact) mass is 313 g/mol. The highest BCUT2D eigenvalue weighted by Crippen LogP contribution is 2.23. The number of amides is 1. The molecule has 2 unspecified atom stereocenters. The van der Waals surface area contributed by atoms with Gasteiger partial charge in [-0.2, -0.15) is 11.8 Å². The molecule has 20 heavy (non-hydrogen) atoms. The van der Waals surface area contributed by atoms with Crippen molar-refractivity contribution in [2.75, 3.05) is 18.6 Å². The Labute approximate surface area is 129 Å². The Morgan fingerprint density at radius 1 is 1.65 bits per heavy atom. The molecule has 0 aromatic carbocycles. The highest BCUT2D eigenvalue weighted by Gasteiger charge is 2.26. The lowest BCUT2D eigenvalue weighted by molar-refractivity contribution is 0.0630. The van der Waals surface area contributed by atoms with Crippen LogP contribution in [0.5, 0.6) is 0 Å². The van der Waals surface area contributed by atoms with Gasteiger partial charge >= 0.3 is 0 Å². The predicted molar refractivity (Wildman–Crippen MR) is 86.4 cm³/mol. The van der Waals surface area contributed by atoms with Crippen LogP contribution in [0, 0.1) is 0 Å². The molecule has 0 aliphatic carbocycles. The molecule has 4 nitrogen and oxygen atoms in total. The van der Waals surface area contributed by atoms with Crippen LogP contribution in [0.2, 0.25) is 0 Å². The molecule has 1 saturated heterocycles. The zero-order chi connectivity index (χ0) is 14.5. The molecule has 1 amide bonds. The highest BCUT2D eigenvalue weighted by atomic mass is 32.2. The smallest absolute Gasteiger partial charge is 0.273 e. The van der Waals surface area contributed by atoms with E-state index in [2.05, 4.69) is 18.2 Å². The Balaban J connectivity index is 2.02. The Morgan fingerprint density at radius 3 is 3.15 bits per heavy atom. The molecule has 0 spiro atoms. The average Bonchev–Trinajstić information content (AvgIpc) is 2.94. The second-order valence-electron chi connectivity index (χ2n) is 5.30. The largest absolute Gasteiger partial charge is 0.335 e. The minimum Gasteiger partial charge on any atom is -0.335 e. The normalized spacial score (nSPS) is 20.9.